The Balaban J connectivity index is 0.000000307. The molecule has 0 bridgehead atoms. The molecule has 27 heavy (non-hydrogen) atoms. The summed E-state index contributed by atoms with van der Waals surface area (Å²) in [5.74, 6) is 0. The zero-order valence-corrected chi connectivity index (χ0v) is 16.7. The minimum absolute atomic E-state index is 0.808. The van der Waals surface area contributed by atoms with Crippen LogP contribution in [0.1, 0.15) is 11.1 Å². The maximum Gasteiger partial charge on any atom is 0.308 e. The smallest absolute Gasteiger partial charge is 0.308 e. The largest absolute Gasteiger partial charge is 0.726 e. The highest BCUT2D eigenvalue weighted by molar-refractivity contribution is 7.80. The van der Waals surface area contributed by atoms with Crippen molar-refractivity contribution >= 4 is 43.5 Å². The van der Waals surface area contributed by atoms with E-state index in [-0.39, 0.29) is 0 Å². The first kappa shape index (κ1) is 19.2. The molecule has 7 nitrogen and oxygen atoms in total. The normalized spacial score (nSPS) is 11.8. The van der Waals surface area contributed by atoms with Gasteiger partial charge >= 0.3 is 5.65 Å². The Bertz CT molecular complexity index is 1280. The summed E-state index contributed by atoms with van der Waals surface area (Å²) in [7, 11) is 0.631. The van der Waals surface area contributed by atoms with Crippen LogP contribution in [-0.2, 0) is 28.7 Å². The van der Waals surface area contributed by atoms with Crippen LogP contribution < -0.4 is 4.57 Å². The van der Waals surface area contributed by atoms with Crippen molar-refractivity contribution in [3.63, 3.8) is 0 Å². The molecule has 0 amide bonds. The van der Waals surface area contributed by atoms with Gasteiger partial charge in [0, 0.05) is 0 Å². The van der Waals surface area contributed by atoms with Gasteiger partial charge in [-0.25, -0.2) is 22.5 Å². The fourth-order valence-corrected chi connectivity index (χ4v) is 3.23. The lowest BCUT2D eigenvalue weighted by molar-refractivity contribution is -0.620. The van der Waals surface area contributed by atoms with Crippen LogP contribution in [0.4, 0.5) is 0 Å². The van der Waals surface area contributed by atoms with Gasteiger partial charge in [-0.05, 0) is 49.2 Å². The van der Waals surface area contributed by atoms with Crippen LogP contribution in [0.15, 0.2) is 36.4 Å². The van der Waals surface area contributed by atoms with E-state index < -0.39 is 10.4 Å². The van der Waals surface area contributed by atoms with Crippen molar-refractivity contribution in [2.45, 2.75) is 13.8 Å². The number of para-hydroxylation sites is 1. The van der Waals surface area contributed by atoms with Gasteiger partial charge in [-0.1, -0.05) is 12.1 Å². The van der Waals surface area contributed by atoms with Crippen molar-refractivity contribution in [2.75, 3.05) is 7.11 Å². The molecule has 0 aliphatic heterocycles. The van der Waals surface area contributed by atoms with E-state index in [0.717, 1.165) is 23.8 Å². The number of rotatable bonds is 1. The summed E-state index contributed by atoms with van der Waals surface area (Å²) in [6.45, 7) is 4.30. The van der Waals surface area contributed by atoms with Gasteiger partial charge in [0.1, 0.15) is 11.0 Å². The monoisotopic (exact) mass is 387 g/mol. The van der Waals surface area contributed by atoms with Gasteiger partial charge in [0.15, 0.2) is 11.0 Å². The fraction of sp³-hybridized carbons (Fsp3) is 0.263. The van der Waals surface area contributed by atoms with Gasteiger partial charge in [0.2, 0.25) is 10.4 Å². The number of fused-ring (bicyclic) bond motifs is 4. The Morgan fingerprint density at radius 1 is 1.15 bits per heavy atom. The molecule has 0 aliphatic carbocycles. The van der Waals surface area contributed by atoms with Crippen LogP contribution in [0.5, 0.6) is 0 Å². The summed E-state index contributed by atoms with van der Waals surface area (Å²) in [4.78, 5) is 4.95. The summed E-state index contributed by atoms with van der Waals surface area (Å²) in [5.41, 5.74) is 8.28. The third-order valence-corrected chi connectivity index (χ3v) is 5.16. The number of hydrogen-bond donors (Lipinski definition) is 0. The lowest BCUT2D eigenvalue weighted by Crippen LogP contribution is -2.32. The molecule has 0 fully saturated rings. The molecule has 0 N–H and O–H groups in total. The van der Waals surface area contributed by atoms with Crippen molar-refractivity contribution in [3.05, 3.63) is 47.5 Å². The molecule has 2 heterocycles. The van der Waals surface area contributed by atoms with Crippen molar-refractivity contribution in [2.24, 2.45) is 14.1 Å². The van der Waals surface area contributed by atoms with Crippen LogP contribution in [0, 0.1) is 13.8 Å². The molecule has 142 valence electrons. The van der Waals surface area contributed by atoms with E-state index in [1.165, 1.54) is 27.5 Å². The highest BCUT2D eigenvalue weighted by Crippen LogP contribution is 2.26. The van der Waals surface area contributed by atoms with Crippen LogP contribution in [-0.4, -0.2) is 29.6 Å². The first-order valence-corrected chi connectivity index (χ1v) is 9.63. The van der Waals surface area contributed by atoms with Gasteiger partial charge in [-0.2, -0.15) is 0 Å². The van der Waals surface area contributed by atoms with Crippen LogP contribution in [0.2, 0.25) is 0 Å². The molecule has 0 radical (unpaired) electrons. The average molecular weight is 387 g/mol. The Labute approximate surface area is 157 Å². The molecule has 0 unspecified atom stereocenters. The van der Waals surface area contributed by atoms with E-state index in [1.54, 1.807) is 0 Å². The predicted molar refractivity (Wildman–Crippen MR) is 103 cm³/mol. The summed E-state index contributed by atoms with van der Waals surface area (Å²) in [5, 5.41) is 1.21. The van der Waals surface area contributed by atoms with E-state index >= 15 is 0 Å². The van der Waals surface area contributed by atoms with Crippen molar-refractivity contribution < 1.29 is 21.7 Å². The number of aryl methyl sites for hydroxylation is 4. The molecule has 0 aliphatic rings. The molecule has 0 saturated carbocycles. The zero-order valence-electron chi connectivity index (χ0n) is 15.8. The lowest BCUT2D eigenvalue weighted by Gasteiger charge is -2.05. The molecule has 2 aromatic heterocycles. The highest BCUT2D eigenvalue weighted by atomic mass is 32.3. The third kappa shape index (κ3) is 3.51. The number of hydrogen-bond acceptors (Lipinski definition) is 5. The second kappa shape index (κ2) is 6.88. The molecule has 0 spiro atoms. The van der Waals surface area contributed by atoms with E-state index in [1.807, 2.05) is 0 Å². The van der Waals surface area contributed by atoms with E-state index in [9.17, 15) is 13.0 Å². The summed E-state index contributed by atoms with van der Waals surface area (Å²) >= 11 is 0. The Morgan fingerprint density at radius 2 is 1.74 bits per heavy atom. The van der Waals surface area contributed by atoms with Crippen LogP contribution in [0.25, 0.3) is 33.1 Å². The van der Waals surface area contributed by atoms with Crippen molar-refractivity contribution in [1.29, 1.82) is 0 Å². The summed E-state index contributed by atoms with van der Waals surface area (Å²) in [6, 6.07) is 12.9. The van der Waals surface area contributed by atoms with Crippen molar-refractivity contribution in [1.82, 2.24) is 9.55 Å². The Morgan fingerprint density at radius 3 is 2.37 bits per heavy atom. The number of nitrogens with zero attached hydrogens (tertiary/aromatic N) is 3. The first-order valence-electron chi connectivity index (χ1n) is 8.29. The van der Waals surface area contributed by atoms with E-state index in [4.69, 9.17) is 4.98 Å². The van der Waals surface area contributed by atoms with Gasteiger partial charge < -0.3 is 4.55 Å². The predicted octanol–water partition coefficient (Wildman–Crippen LogP) is 2.41. The second-order valence-electron chi connectivity index (χ2n) is 6.42. The molecule has 8 heteroatoms. The molecular formula is C19H21N3O4S. The molecular weight excluding hydrogens is 366 g/mol. The summed E-state index contributed by atoms with van der Waals surface area (Å²) < 4.78 is 35.5. The van der Waals surface area contributed by atoms with E-state index in [0.29, 0.717) is 0 Å². The van der Waals surface area contributed by atoms with Gasteiger partial charge in [-0.3, -0.25) is 4.18 Å². The SMILES string of the molecule is COS(=O)(=O)[O-].Cc1cc2nc3c4ccccc4n(C)c3[n+](C)c2cc1C. The lowest BCUT2D eigenvalue weighted by atomic mass is 10.1. The molecule has 2 aromatic carbocycles. The Hall–Kier alpha value is -2.55. The van der Waals surface area contributed by atoms with Gasteiger partial charge in [-0.15, -0.1) is 0 Å². The molecule has 4 rings (SSSR count). The minimum Gasteiger partial charge on any atom is -0.726 e. The van der Waals surface area contributed by atoms with Gasteiger partial charge in [0.25, 0.3) is 0 Å². The molecule has 0 atom stereocenters. The van der Waals surface area contributed by atoms with Crippen molar-refractivity contribution in [3.8, 4) is 0 Å². The molecule has 0 saturated heterocycles. The highest BCUT2D eigenvalue weighted by Gasteiger charge is 2.21. The third-order valence-electron chi connectivity index (χ3n) is 4.76. The fourth-order valence-electron chi connectivity index (χ4n) is 3.23. The zero-order chi connectivity index (χ0) is 19.9. The van der Waals surface area contributed by atoms with Crippen LogP contribution in [0.3, 0.4) is 0 Å². The van der Waals surface area contributed by atoms with Gasteiger partial charge in [0.05, 0.1) is 26.6 Å². The molecule has 4 aromatic rings. The number of aromatic nitrogens is 3. The number of benzene rings is 2. The Kier molecular flexibility index (Phi) is 4.90. The topological polar surface area (TPSA) is 88.1 Å². The van der Waals surface area contributed by atoms with Crippen LogP contribution >= 0.6 is 0 Å². The second-order valence-corrected chi connectivity index (χ2v) is 7.57. The van der Waals surface area contributed by atoms with E-state index in [2.05, 4.69) is 77.7 Å². The minimum atomic E-state index is -4.41. The first-order chi connectivity index (χ1) is 12.6. The standard InChI is InChI=1S/C18H18N3.CH4O4S/c1-11-9-14-16(10-12(11)2)21(4)18-17(19-14)13-7-5-6-8-15(13)20(18)3;1-5-6(2,3)4/h5-10H,1-4H3;1H3,(H,2,3,4)/q+1;/p-1. The maximum absolute atomic E-state index is 9.22. The summed E-state index contributed by atoms with van der Waals surface area (Å²) in [6.07, 6.45) is 0. The quantitative estimate of drug-likeness (QED) is 0.284. The maximum atomic E-state index is 9.22. The average Bonchev–Trinajstić information content (AvgIpc) is 2.90.